The molecule has 4 nitrogen and oxygen atoms in total. The Labute approximate surface area is 124 Å². The van der Waals surface area contributed by atoms with Gasteiger partial charge in [0.05, 0.1) is 6.04 Å². The van der Waals surface area contributed by atoms with Gasteiger partial charge in [-0.05, 0) is 45.4 Å². The molecule has 1 aliphatic heterocycles. The van der Waals surface area contributed by atoms with Gasteiger partial charge < -0.3 is 4.90 Å². The first kappa shape index (κ1) is 13.7. The number of rotatable bonds is 1. The maximum Gasteiger partial charge on any atom is 0.255 e. The van der Waals surface area contributed by atoms with Crippen LogP contribution in [0.25, 0.3) is 0 Å². The first-order valence-electron chi connectivity index (χ1n) is 7.10. The van der Waals surface area contributed by atoms with Crippen LogP contribution in [-0.4, -0.2) is 26.3 Å². The molecule has 3 heterocycles. The molecule has 0 fully saturated rings. The van der Waals surface area contributed by atoms with Gasteiger partial charge in [0.1, 0.15) is 0 Å². The fourth-order valence-electron chi connectivity index (χ4n) is 2.87. The number of aryl methyl sites for hydroxylation is 1. The minimum atomic E-state index is -0.272. The number of aromatic nitrogens is 2. The highest BCUT2D eigenvalue weighted by Gasteiger charge is 2.43. The third-order valence-corrected chi connectivity index (χ3v) is 3.83. The summed E-state index contributed by atoms with van der Waals surface area (Å²) >= 11 is 0. The lowest BCUT2D eigenvalue weighted by atomic mass is 9.97. The smallest absolute Gasteiger partial charge is 0.255 e. The van der Waals surface area contributed by atoms with Gasteiger partial charge >= 0.3 is 0 Å². The van der Waals surface area contributed by atoms with E-state index >= 15 is 0 Å². The molecule has 0 saturated heterocycles. The van der Waals surface area contributed by atoms with Crippen LogP contribution in [0.1, 0.15) is 54.0 Å². The molecule has 0 aliphatic carbocycles. The van der Waals surface area contributed by atoms with E-state index in [-0.39, 0.29) is 17.5 Å². The summed E-state index contributed by atoms with van der Waals surface area (Å²) in [4.78, 5) is 23.3. The molecule has 1 unspecified atom stereocenters. The average molecular weight is 281 g/mol. The molecule has 4 heteroatoms. The van der Waals surface area contributed by atoms with Crippen molar-refractivity contribution in [3.63, 3.8) is 0 Å². The largest absolute Gasteiger partial charge is 0.323 e. The molecule has 0 N–H and O–H groups in total. The average Bonchev–Trinajstić information content (AvgIpc) is 2.74. The number of nitrogens with zero attached hydrogens (tertiary/aromatic N) is 3. The summed E-state index contributed by atoms with van der Waals surface area (Å²) < 4.78 is 0. The fraction of sp³-hybridized carbons (Fsp3) is 0.353. The van der Waals surface area contributed by atoms with Gasteiger partial charge in [-0.15, -0.1) is 0 Å². The minimum Gasteiger partial charge on any atom is -0.323 e. The fourth-order valence-corrected chi connectivity index (χ4v) is 2.87. The van der Waals surface area contributed by atoms with Gasteiger partial charge in [0.2, 0.25) is 0 Å². The van der Waals surface area contributed by atoms with Gasteiger partial charge in [-0.2, -0.15) is 0 Å². The van der Waals surface area contributed by atoms with E-state index in [0.29, 0.717) is 0 Å². The van der Waals surface area contributed by atoms with E-state index in [9.17, 15) is 4.79 Å². The third kappa shape index (κ3) is 2.20. The van der Waals surface area contributed by atoms with Crippen molar-refractivity contribution in [2.45, 2.75) is 39.3 Å². The molecule has 0 radical (unpaired) electrons. The number of hydrogen-bond acceptors (Lipinski definition) is 3. The first-order chi connectivity index (χ1) is 9.89. The van der Waals surface area contributed by atoms with E-state index in [2.05, 4.69) is 30.7 Å². The molecule has 21 heavy (non-hydrogen) atoms. The predicted octanol–water partition coefficient (Wildman–Crippen LogP) is 3.13. The summed E-state index contributed by atoms with van der Waals surface area (Å²) in [5.41, 5.74) is 3.42. The van der Waals surface area contributed by atoms with Crippen LogP contribution in [0.5, 0.6) is 0 Å². The van der Waals surface area contributed by atoms with Crippen LogP contribution in [0.15, 0.2) is 36.8 Å². The zero-order valence-electron chi connectivity index (χ0n) is 12.8. The zero-order valence-corrected chi connectivity index (χ0v) is 12.8. The molecule has 108 valence electrons. The second-order valence-electron chi connectivity index (χ2n) is 6.44. The van der Waals surface area contributed by atoms with Crippen molar-refractivity contribution in [2.24, 2.45) is 0 Å². The zero-order chi connectivity index (χ0) is 15.2. The van der Waals surface area contributed by atoms with Crippen LogP contribution in [0.3, 0.4) is 0 Å². The van der Waals surface area contributed by atoms with Gasteiger partial charge in [-0.1, -0.05) is 6.07 Å². The lowest BCUT2D eigenvalue weighted by molar-refractivity contribution is 0.0551. The van der Waals surface area contributed by atoms with E-state index in [1.54, 1.807) is 18.5 Å². The standard InChI is InChI=1S/C17H19N3O/c1-11-5-6-12(9-19-11)15-14-10-18-8-7-13(14)16(21)20(15)17(2,3)4/h5-10,15H,1-4H3. The van der Waals surface area contributed by atoms with Gasteiger partial charge in [0.25, 0.3) is 5.91 Å². The van der Waals surface area contributed by atoms with E-state index in [0.717, 1.165) is 22.4 Å². The van der Waals surface area contributed by atoms with Gasteiger partial charge in [-0.3, -0.25) is 14.8 Å². The molecule has 3 rings (SSSR count). The van der Waals surface area contributed by atoms with E-state index < -0.39 is 0 Å². The first-order valence-corrected chi connectivity index (χ1v) is 7.10. The van der Waals surface area contributed by atoms with E-state index in [1.165, 1.54) is 0 Å². The van der Waals surface area contributed by atoms with Crippen molar-refractivity contribution in [3.05, 3.63) is 59.2 Å². The summed E-state index contributed by atoms with van der Waals surface area (Å²) in [5.74, 6) is 0.0606. The quantitative estimate of drug-likeness (QED) is 0.806. The van der Waals surface area contributed by atoms with Crippen molar-refractivity contribution in [1.29, 1.82) is 0 Å². The predicted molar refractivity (Wildman–Crippen MR) is 81.0 cm³/mol. The van der Waals surface area contributed by atoms with Crippen LogP contribution in [0.4, 0.5) is 0 Å². The number of amides is 1. The Morgan fingerprint density at radius 1 is 1.14 bits per heavy atom. The van der Waals surface area contributed by atoms with Crippen molar-refractivity contribution in [2.75, 3.05) is 0 Å². The lowest BCUT2D eigenvalue weighted by Gasteiger charge is -2.37. The number of fused-ring (bicyclic) bond motifs is 1. The van der Waals surface area contributed by atoms with Crippen LogP contribution < -0.4 is 0 Å². The summed E-state index contributed by atoms with van der Waals surface area (Å²) in [7, 11) is 0. The molecule has 2 aromatic heterocycles. The second kappa shape index (κ2) is 4.65. The van der Waals surface area contributed by atoms with Crippen molar-refractivity contribution in [3.8, 4) is 0 Å². The highest BCUT2D eigenvalue weighted by atomic mass is 16.2. The topological polar surface area (TPSA) is 46.1 Å². The Hall–Kier alpha value is -2.23. The second-order valence-corrected chi connectivity index (χ2v) is 6.44. The molecule has 1 aliphatic rings. The van der Waals surface area contributed by atoms with Crippen molar-refractivity contribution in [1.82, 2.24) is 14.9 Å². The van der Waals surface area contributed by atoms with Crippen LogP contribution in [0.2, 0.25) is 0 Å². The van der Waals surface area contributed by atoms with Gasteiger partial charge in [0.15, 0.2) is 0 Å². The monoisotopic (exact) mass is 281 g/mol. The van der Waals surface area contributed by atoms with Gasteiger partial charge in [-0.25, -0.2) is 0 Å². The molecule has 1 amide bonds. The lowest BCUT2D eigenvalue weighted by Crippen LogP contribution is -2.44. The number of pyridine rings is 2. The number of carbonyl (C=O) groups excluding carboxylic acids is 1. The van der Waals surface area contributed by atoms with Crippen LogP contribution in [-0.2, 0) is 0 Å². The molecule has 2 aromatic rings. The maximum absolute atomic E-state index is 12.8. The molecule has 0 saturated carbocycles. The molecule has 0 aromatic carbocycles. The van der Waals surface area contributed by atoms with Gasteiger partial charge in [0, 0.05) is 41.0 Å². The summed E-state index contributed by atoms with van der Waals surface area (Å²) in [6.07, 6.45) is 5.32. The van der Waals surface area contributed by atoms with E-state index in [1.807, 2.05) is 30.2 Å². The highest BCUT2D eigenvalue weighted by Crippen LogP contribution is 2.41. The van der Waals surface area contributed by atoms with Crippen molar-refractivity contribution >= 4 is 5.91 Å². The van der Waals surface area contributed by atoms with Crippen molar-refractivity contribution < 1.29 is 4.79 Å². The van der Waals surface area contributed by atoms with Crippen LogP contribution in [0, 0.1) is 6.92 Å². The number of carbonyl (C=O) groups is 1. The number of hydrogen-bond donors (Lipinski definition) is 0. The molecule has 0 bridgehead atoms. The SMILES string of the molecule is Cc1ccc(C2c3cnccc3C(=O)N2C(C)(C)C)cn1. The molecule has 1 atom stereocenters. The summed E-state index contributed by atoms with van der Waals surface area (Å²) in [6, 6.07) is 5.71. The Morgan fingerprint density at radius 2 is 1.90 bits per heavy atom. The normalized spacial score (nSPS) is 18.0. The van der Waals surface area contributed by atoms with E-state index in [4.69, 9.17) is 0 Å². The third-order valence-electron chi connectivity index (χ3n) is 3.83. The van der Waals surface area contributed by atoms with Crippen LogP contribution >= 0.6 is 0 Å². The Morgan fingerprint density at radius 3 is 2.52 bits per heavy atom. The summed E-state index contributed by atoms with van der Waals surface area (Å²) in [6.45, 7) is 8.12. The maximum atomic E-state index is 12.8. The molecule has 0 spiro atoms. The molecular formula is C17H19N3O. The Kier molecular flexibility index (Phi) is 3.04. The highest BCUT2D eigenvalue weighted by molar-refractivity contribution is 6.00. The Balaban J connectivity index is 2.18. The molecular weight excluding hydrogens is 262 g/mol. The Bertz CT molecular complexity index is 686. The summed E-state index contributed by atoms with van der Waals surface area (Å²) in [5, 5.41) is 0. The minimum absolute atomic E-state index is 0.0606.